The van der Waals surface area contributed by atoms with Crippen LogP contribution in [0.15, 0.2) is 17.0 Å². The first kappa shape index (κ1) is 9.65. The van der Waals surface area contributed by atoms with E-state index in [0.717, 1.165) is 21.2 Å². The maximum atomic E-state index is 4.33. The van der Waals surface area contributed by atoms with E-state index in [-0.39, 0.29) is 0 Å². The molecule has 0 fully saturated rings. The Labute approximate surface area is 91.3 Å². The predicted octanol–water partition coefficient (Wildman–Crippen LogP) is 2.85. The van der Waals surface area contributed by atoms with Crippen molar-refractivity contribution in [2.75, 3.05) is 0 Å². The Bertz CT molecular complexity index is 473. The molecule has 0 aliphatic rings. The summed E-state index contributed by atoms with van der Waals surface area (Å²) in [6, 6.07) is 0. The largest absolute Gasteiger partial charge is 0.334 e. The minimum absolute atomic E-state index is 0.416. The second kappa shape index (κ2) is 3.35. The highest BCUT2D eigenvalue weighted by molar-refractivity contribution is 9.10. The van der Waals surface area contributed by atoms with E-state index in [1.165, 1.54) is 0 Å². The SMILES string of the molecule is CC(C)c1ncnc2c1c(Br)cn2C. The van der Waals surface area contributed by atoms with Crippen molar-refractivity contribution < 1.29 is 0 Å². The Morgan fingerprint density at radius 1 is 1.36 bits per heavy atom. The van der Waals surface area contributed by atoms with Crippen LogP contribution in [0.1, 0.15) is 25.5 Å². The molecule has 0 radical (unpaired) electrons. The van der Waals surface area contributed by atoms with Crippen molar-refractivity contribution in [2.24, 2.45) is 7.05 Å². The Morgan fingerprint density at radius 3 is 2.71 bits per heavy atom. The second-order valence-corrected chi connectivity index (χ2v) is 4.55. The minimum atomic E-state index is 0.416. The van der Waals surface area contributed by atoms with Crippen LogP contribution in [-0.2, 0) is 7.05 Å². The summed E-state index contributed by atoms with van der Waals surface area (Å²) in [7, 11) is 1.99. The fraction of sp³-hybridized carbons (Fsp3) is 0.400. The summed E-state index contributed by atoms with van der Waals surface area (Å²) in [5, 5.41) is 1.13. The molecule has 0 saturated carbocycles. The van der Waals surface area contributed by atoms with Crippen molar-refractivity contribution in [1.82, 2.24) is 14.5 Å². The normalized spacial score (nSPS) is 11.5. The van der Waals surface area contributed by atoms with Gasteiger partial charge in [0, 0.05) is 17.7 Å². The van der Waals surface area contributed by atoms with Crippen molar-refractivity contribution in [3.8, 4) is 0 Å². The lowest BCUT2D eigenvalue weighted by Gasteiger charge is -2.05. The lowest BCUT2D eigenvalue weighted by Crippen LogP contribution is -1.96. The molecule has 0 saturated heterocycles. The number of hydrogen-bond donors (Lipinski definition) is 0. The molecule has 0 unspecified atom stereocenters. The molecule has 0 aromatic carbocycles. The number of rotatable bonds is 1. The molecule has 2 heterocycles. The maximum Gasteiger partial charge on any atom is 0.144 e. The molecule has 74 valence electrons. The highest BCUT2D eigenvalue weighted by Gasteiger charge is 2.13. The molecule has 0 aliphatic heterocycles. The van der Waals surface area contributed by atoms with E-state index in [1.807, 2.05) is 17.8 Å². The van der Waals surface area contributed by atoms with Crippen LogP contribution < -0.4 is 0 Å². The summed E-state index contributed by atoms with van der Waals surface area (Å²) >= 11 is 3.54. The van der Waals surface area contributed by atoms with Crippen LogP contribution in [0.3, 0.4) is 0 Å². The van der Waals surface area contributed by atoms with E-state index in [9.17, 15) is 0 Å². The van der Waals surface area contributed by atoms with Gasteiger partial charge in [-0.3, -0.25) is 0 Å². The van der Waals surface area contributed by atoms with Gasteiger partial charge in [0.15, 0.2) is 0 Å². The fourth-order valence-corrected chi connectivity index (χ4v) is 2.31. The van der Waals surface area contributed by atoms with Gasteiger partial charge < -0.3 is 4.57 Å². The maximum absolute atomic E-state index is 4.33. The van der Waals surface area contributed by atoms with Crippen LogP contribution in [0.25, 0.3) is 11.0 Å². The van der Waals surface area contributed by atoms with Gasteiger partial charge >= 0.3 is 0 Å². The van der Waals surface area contributed by atoms with E-state index in [2.05, 4.69) is 39.7 Å². The summed E-state index contributed by atoms with van der Waals surface area (Å²) in [5.41, 5.74) is 2.08. The summed E-state index contributed by atoms with van der Waals surface area (Å²) < 4.78 is 3.08. The molecule has 2 aromatic heterocycles. The first-order valence-corrected chi connectivity index (χ1v) is 5.36. The number of halogens is 1. The minimum Gasteiger partial charge on any atom is -0.334 e. The van der Waals surface area contributed by atoms with Crippen molar-refractivity contribution in [2.45, 2.75) is 19.8 Å². The highest BCUT2D eigenvalue weighted by Crippen LogP contribution is 2.29. The van der Waals surface area contributed by atoms with Gasteiger partial charge in [-0.1, -0.05) is 13.8 Å². The number of aryl methyl sites for hydroxylation is 1. The first-order chi connectivity index (χ1) is 6.61. The third kappa shape index (κ3) is 1.34. The standard InChI is InChI=1S/C10H12BrN3/c1-6(2)9-8-7(11)4-14(3)10(8)13-5-12-9/h4-6H,1-3H3. The smallest absolute Gasteiger partial charge is 0.144 e. The Kier molecular flexibility index (Phi) is 2.31. The van der Waals surface area contributed by atoms with Crippen molar-refractivity contribution in [1.29, 1.82) is 0 Å². The third-order valence-corrected chi connectivity index (χ3v) is 2.88. The molecule has 0 N–H and O–H groups in total. The Morgan fingerprint density at radius 2 is 2.07 bits per heavy atom. The van der Waals surface area contributed by atoms with Crippen molar-refractivity contribution in [3.05, 3.63) is 22.7 Å². The summed E-state index contributed by atoms with van der Waals surface area (Å²) in [4.78, 5) is 8.59. The highest BCUT2D eigenvalue weighted by atomic mass is 79.9. The van der Waals surface area contributed by atoms with Crippen LogP contribution in [0.5, 0.6) is 0 Å². The van der Waals surface area contributed by atoms with Gasteiger partial charge in [-0.05, 0) is 21.8 Å². The average molecular weight is 254 g/mol. The van der Waals surface area contributed by atoms with Gasteiger partial charge in [-0.2, -0.15) is 0 Å². The van der Waals surface area contributed by atoms with Crippen LogP contribution in [0.4, 0.5) is 0 Å². The van der Waals surface area contributed by atoms with Crippen molar-refractivity contribution >= 4 is 27.0 Å². The van der Waals surface area contributed by atoms with E-state index in [4.69, 9.17) is 0 Å². The van der Waals surface area contributed by atoms with Crippen LogP contribution in [-0.4, -0.2) is 14.5 Å². The molecular weight excluding hydrogens is 242 g/mol. The van der Waals surface area contributed by atoms with Crippen molar-refractivity contribution in [3.63, 3.8) is 0 Å². The summed E-state index contributed by atoms with van der Waals surface area (Å²) in [5.74, 6) is 0.416. The lowest BCUT2D eigenvalue weighted by atomic mass is 10.1. The number of aromatic nitrogens is 3. The molecule has 4 heteroatoms. The number of fused-ring (bicyclic) bond motifs is 1. The molecule has 14 heavy (non-hydrogen) atoms. The monoisotopic (exact) mass is 253 g/mol. The Hall–Kier alpha value is -0.900. The molecular formula is C10H12BrN3. The second-order valence-electron chi connectivity index (χ2n) is 3.70. The Balaban J connectivity index is 2.85. The van der Waals surface area contributed by atoms with E-state index < -0.39 is 0 Å². The molecule has 0 aliphatic carbocycles. The third-order valence-electron chi connectivity index (χ3n) is 2.28. The predicted molar refractivity (Wildman–Crippen MR) is 60.3 cm³/mol. The van der Waals surface area contributed by atoms with Gasteiger partial charge in [0.1, 0.15) is 12.0 Å². The zero-order chi connectivity index (χ0) is 10.3. The zero-order valence-electron chi connectivity index (χ0n) is 8.45. The average Bonchev–Trinajstić information content (AvgIpc) is 2.43. The van der Waals surface area contributed by atoms with E-state index in [0.29, 0.717) is 5.92 Å². The van der Waals surface area contributed by atoms with Gasteiger partial charge in [0.25, 0.3) is 0 Å². The molecule has 3 nitrogen and oxygen atoms in total. The van der Waals surface area contributed by atoms with Crippen LogP contribution >= 0.6 is 15.9 Å². The number of nitrogens with zero attached hydrogens (tertiary/aromatic N) is 3. The van der Waals surface area contributed by atoms with Crippen LogP contribution in [0.2, 0.25) is 0 Å². The van der Waals surface area contributed by atoms with Gasteiger partial charge in [0.05, 0.1) is 11.1 Å². The number of hydrogen-bond acceptors (Lipinski definition) is 2. The quantitative estimate of drug-likeness (QED) is 0.783. The molecule has 2 rings (SSSR count). The van der Waals surface area contributed by atoms with E-state index in [1.54, 1.807) is 6.33 Å². The first-order valence-electron chi connectivity index (χ1n) is 4.56. The fourth-order valence-electron chi connectivity index (χ4n) is 1.62. The molecule has 0 atom stereocenters. The van der Waals surface area contributed by atoms with Gasteiger partial charge in [-0.15, -0.1) is 0 Å². The van der Waals surface area contributed by atoms with Crippen LogP contribution in [0, 0.1) is 0 Å². The molecule has 0 amide bonds. The summed E-state index contributed by atoms with van der Waals surface area (Å²) in [6.07, 6.45) is 3.65. The summed E-state index contributed by atoms with van der Waals surface area (Å²) in [6.45, 7) is 4.28. The molecule has 2 aromatic rings. The lowest BCUT2D eigenvalue weighted by molar-refractivity contribution is 0.825. The van der Waals surface area contributed by atoms with Gasteiger partial charge in [-0.25, -0.2) is 9.97 Å². The molecule has 0 bridgehead atoms. The van der Waals surface area contributed by atoms with Gasteiger partial charge in [0.2, 0.25) is 0 Å². The molecule has 0 spiro atoms. The zero-order valence-corrected chi connectivity index (χ0v) is 10.0. The van der Waals surface area contributed by atoms with E-state index >= 15 is 0 Å². The topological polar surface area (TPSA) is 30.7 Å².